The molecule has 2 nitrogen and oxygen atoms in total. The lowest BCUT2D eigenvalue weighted by atomic mass is 10.1. The minimum absolute atomic E-state index is 0.179. The van der Waals surface area contributed by atoms with Crippen molar-refractivity contribution in [1.82, 2.24) is 5.32 Å². The van der Waals surface area contributed by atoms with Crippen LogP contribution in [0.25, 0.3) is 0 Å². The Kier molecular flexibility index (Phi) is 1.87. The Morgan fingerprint density at radius 3 is 2.20 bits per heavy atom. The highest BCUT2D eigenvalue weighted by Gasteiger charge is 2.39. The van der Waals surface area contributed by atoms with Crippen LogP contribution in [0, 0.1) is 0 Å². The van der Waals surface area contributed by atoms with Crippen LogP contribution in [-0.2, 0) is 4.74 Å². The van der Waals surface area contributed by atoms with Crippen LogP contribution < -0.4 is 5.32 Å². The third-order valence-corrected chi connectivity index (χ3v) is 1.48. The van der Waals surface area contributed by atoms with Crippen LogP contribution in [0.4, 0.5) is 13.2 Å². The van der Waals surface area contributed by atoms with Crippen LogP contribution in [0.1, 0.15) is 6.92 Å². The van der Waals surface area contributed by atoms with Crippen LogP contribution in [0.5, 0.6) is 0 Å². The summed E-state index contributed by atoms with van der Waals surface area (Å²) in [5.74, 6) is 0. The fourth-order valence-corrected chi connectivity index (χ4v) is 0.765. The molecular formula is C5H8F3NO. The molecule has 0 bridgehead atoms. The smallest absolute Gasteiger partial charge is 0.309 e. The average Bonchev–Trinajstić information content (AvgIpc) is 1.78. The quantitative estimate of drug-likeness (QED) is 0.607. The van der Waals surface area contributed by atoms with E-state index >= 15 is 0 Å². The van der Waals surface area contributed by atoms with Crippen molar-refractivity contribution in [3.05, 3.63) is 0 Å². The Hall–Kier alpha value is -0.290. The molecule has 1 rings (SSSR count). The summed E-state index contributed by atoms with van der Waals surface area (Å²) in [5.41, 5.74) is 0. The second-order valence-electron chi connectivity index (χ2n) is 2.30. The van der Waals surface area contributed by atoms with Gasteiger partial charge in [0.05, 0.1) is 6.10 Å². The summed E-state index contributed by atoms with van der Waals surface area (Å²) < 4.78 is 38.1. The van der Waals surface area contributed by atoms with E-state index in [0.29, 0.717) is 6.54 Å². The molecule has 1 saturated heterocycles. The molecule has 2 unspecified atom stereocenters. The van der Waals surface area contributed by atoms with E-state index < -0.39 is 12.5 Å². The van der Waals surface area contributed by atoms with Crippen molar-refractivity contribution in [1.29, 1.82) is 0 Å². The van der Waals surface area contributed by atoms with Crippen molar-refractivity contribution < 1.29 is 17.9 Å². The Balaban J connectivity index is 2.26. The molecule has 1 aliphatic heterocycles. The minimum atomic E-state index is -4.49. The van der Waals surface area contributed by atoms with Crippen LogP contribution in [0.15, 0.2) is 0 Å². The monoisotopic (exact) mass is 155 g/mol. The van der Waals surface area contributed by atoms with Crippen molar-refractivity contribution >= 4 is 0 Å². The van der Waals surface area contributed by atoms with Gasteiger partial charge in [0.15, 0.2) is 0 Å². The number of ether oxygens (including phenoxy) is 1. The maximum absolute atomic E-state index is 11.5. The fourth-order valence-electron chi connectivity index (χ4n) is 0.765. The number of halogens is 3. The molecule has 0 spiro atoms. The molecule has 0 aromatic rings. The summed E-state index contributed by atoms with van der Waals surface area (Å²) >= 11 is 0. The molecule has 0 aromatic heterocycles. The molecule has 0 radical (unpaired) electrons. The Labute approximate surface area is 56.4 Å². The van der Waals surface area contributed by atoms with E-state index in [1.807, 2.05) is 0 Å². The molecule has 1 fully saturated rings. The number of hydrogen-bond donors (Lipinski definition) is 1. The topological polar surface area (TPSA) is 21.3 Å². The second kappa shape index (κ2) is 2.39. The van der Waals surface area contributed by atoms with Gasteiger partial charge < -0.3 is 5.32 Å². The van der Waals surface area contributed by atoms with Gasteiger partial charge in [0, 0.05) is 12.6 Å². The van der Waals surface area contributed by atoms with Crippen LogP contribution >= 0.6 is 0 Å². The van der Waals surface area contributed by atoms with E-state index in [1.54, 1.807) is 6.92 Å². The van der Waals surface area contributed by atoms with Gasteiger partial charge in [-0.15, -0.1) is 13.2 Å². The zero-order chi connectivity index (χ0) is 7.78. The highest BCUT2D eigenvalue weighted by molar-refractivity contribution is 4.85. The van der Waals surface area contributed by atoms with E-state index in [0.717, 1.165) is 0 Å². The molecular weight excluding hydrogens is 147 g/mol. The minimum Gasteiger partial charge on any atom is -0.309 e. The normalized spacial score (nSPS) is 33.6. The van der Waals surface area contributed by atoms with Crippen molar-refractivity contribution in [2.75, 3.05) is 6.54 Å². The van der Waals surface area contributed by atoms with E-state index in [2.05, 4.69) is 10.1 Å². The molecule has 1 aliphatic rings. The first-order chi connectivity index (χ1) is 4.49. The number of rotatable bonds is 1. The van der Waals surface area contributed by atoms with Crippen LogP contribution in [-0.4, -0.2) is 25.1 Å². The third kappa shape index (κ3) is 1.85. The fraction of sp³-hybridized carbons (Fsp3) is 1.00. The van der Waals surface area contributed by atoms with Crippen LogP contribution in [0.2, 0.25) is 0 Å². The summed E-state index contributed by atoms with van der Waals surface area (Å²) in [6, 6.07) is -0.179. The average molecular weight is 155 g/mol. The Morgan fingerprint density at radius 1 is 1.50 bits per heavy atom. The zero-order valence-corrected chi connectivity index (χ0v) is 5.40. The number of hydrogen-bond acceptors (Lipinski definition) is 2. The predicted molar refractivity (Wildman–Crippen MR) is 28.4 cm³/mol. The Morgan fingerprint density at radius 2 is 2.10 bits per heavy atom. The SMILES string of the molecule is CC1NCC1OC(F)(F)F. The molecule has 0 amide bonds. The van der Waals surface area contributed by atoms with Gasteiger partial charge in [-0.3, -0.25) is 4.74 Å². The predicted octanol–water partition coefficient (Wildman–Crippen LogP) is 0.883. The summed E-state index contributed by atoms with van der Waals surface area (Å²) in [7, 11) is 0. The first-order valence-corrected chi connectivity index (χ1v) is 2.97. The molecule has 1 heterocycles. The summed E-state index contributed by atoms with van der Waals surface area (Å²) in [6.07, 6.45) is -5.18. The highest BCUT2D eigenvalue weighted by atomic mass is 19.4. The molecule has 60 valence electrons. The zero-order valence-electron chi connectivity index (χ0n) is 5.40. The van der Waals surface area contributed by atoms with Gasteiger partial charge in [0.25, 0.3) is 0 Å². The molecule has 10 heavy (non-hydrogen) atoms. The van der Waals surface area contributed by atoms with Crippen molar-refractivity contribution in [3.8, 4) is 0 Å². The number of nitrogens with one attached hydrogen (secondary N) is 1. The third-order valence-electron chi connectivity index (χ3n) is 1.48. The lowest BCUT2D eigenvalue weighted by molar-refractivity contribution is -0.351. The van der Waals surface area contributed by atoms with Gasteiger partial charge in [-0.05, 0) is 6.92 Å². The standard InChI is InChI=1S/C5H8F3NO/c1-3-4(2-9-3)10-5(6,7)8/h3-4,9H,2H2,1H3. The Bertz CT molecular complexity index is 125. The maximum Gasteiger partial charge on any atom is 0.522 e. The van der Waals surface area contributed by atoms with Gasteiger partial charge in [-0.25, -0.2) is 0 Å². The highest BCUT2D eigenvalue weighted by Crippen LogP contribution is 2.22. The molecule has 0 aliphatic carbocycles. The van der Waals surface area contributed by atoms with Crippen molar-refractivity contribution in [2.24, 2.45) is 0 Å². The van der Waals surface area contributed by atoms with E-state index in [1.165, 1.54) is 0 Å². The molecule has 5 heteroatoms. The summed E-state index contributed by atoms with van der Waals surface area (Å²) in [5, 5.41) is 2.76. The first-order valence-electron chi connectivity index (χ1n) is 2.97. The molecule has 0 aromatic carbocycles. The van der Waals surface area contributed by atoms with Crippen molar-refractivity contribution in [2.45, 2.75) is 25.4 Å². The van der Waals surface area contributed by atoms with Gasteiger partial charge in [-0.2, -0.15) is 0 Å². The lowest BCUT2D eigenvalue weighted by Gasteiger charge is -2.35. The molecule has 0 saturated carbocycles. The first kappa shape index (κ1) is 7.81. The summed E-state index contributed by atoms with van der Waals surface area (Å²) in [6.45, 7) is 1.95. The molecule has 1 N–H and O–H groups in total. The van der Waals surface area contributed by atoms with E-state index in [9.17, 15) is 13.2 Å². The lowest BCUT2D eigenvalue weighted by Crippen LogP contribution is -2.58. The number of alkyl halides is 3. The van der Waals surface area contributed by atoms with Gasteiger partial charge in [-0.1, -0.05) is 0 Å². The van der Waals surface area contributed by atoms with Gasteiger partial charge >= 0.3 is 6.36 Å². The van der Waals surface area contributed by atoms with E-state index in [-0.39, 0.29) is 6.04 Å². The largest absolute Gasteiger partial charge is 0.522 e. The van der Waals surface area contributed by atoms with E-state index in [4.69, 9.17) is 0 Å². The van der Waals surface area contributed by atoms with Gasteiger partial charge in [0.1, 0.15) is 0 Å². The maximum atomic E-state index is 11.5. The molecule has 2 atom stereocenters. The van der Waals surface area contributed by atoms with Gasteiger partial charge in [0.2, 0.25) is 0 Å². The summed E-state index contributed by atoms with van der Waals surface area (Å²) in [4.78, 5) is 0. The van der Waals surface area contributed by atoms with Crippen molar-refractivity contribution in [3.63, 3.8) is 0 Å². The second-order valence-corrected chi connectivity index (χ2v) is 2.30. The van der Waals surface area contributed by atoms with Crippen LogP contribution in [0.3, 0.4) is 0 Å².